The lowest BCUT2D eigenvalue weighted by atomic mass is 9.96. The summed E-state index contributed by atoms with van der Waals surface area (Å²) in [4.78, 5) is 36.3. The van der Waals surface area contributed by atoms with Crippen molar-refractivity contribution < 1.29 is 28.6 Å². The molecule has 2 aliphatic rings. The van der Waals surface area contributed by atoms with Crippen LogP contribution in [-0.4, -0.2) is 40.0 Å². The number of carbonyl (C=O) groups excluding carboxylic acids is 2. The van der Waals surface area contributed by atoms with E-state index >= 15 is 0 Å². The first-order valence-electron chi connectivity index (χ1n) is 10.7. The molecule has 10 heteroatoms. The average molecular weight is 489 g/mol. The minimum atomic E-state index is -0.961. The third kappa shape index (κ3) is 3.50. The first kappa shape index (κ1) is 21.2. The van der Waals surface area contributed by atoms with Crippen LogP contribution in [0.25, 0.3) is 16.0 Å². The zero-order valence-corrected chi connectivity index (χ0v) is 18.8. The topological polar surface area (TPSA) is 102 Å². The molecular weight excluding hydrogens is 473 g/mol. The molecule has 4 aromatic rings. The molecule has 174 valence electrons. The van der Waals surface area contributed by atoms with E-state index in [9.17, 15) is 19.1 Å². The fourth-order valence-corrected chi connectivity index (χ4v) is 5.24. The summed E-state index contributed by atoms with van der Waals surface area (Å²) < 4.78 is 25.4. The summed E-state index contributed by atoms with van der Waals surface area (Å²) in [7, 11) is 0. The van der Waals surface area contributed by atoms with Gasteiger partial charge in [0.05, 0.1) is 21.8 Å². The predicted octanol–water partition coefficient (Wildman–Crippen LogP) is 4.23. The number of carbonyl (C=O) groups is 2. The minimum Gasteiger partial charge on any atom is -0.507 e. The van der Waals surface area contributed by atoms with Gasteiger partial charge >= 0.3 is 5.91 Å². The number of benzene rings is 2. The lowest BCUT2D eigenvalue weighted by Gasteiger charge is -2.23. The highest BCUT2D eigenvalue weighted by atomic mass is 32.1. The molecule has 0 spiro atoms. The Hall–Kier alpha value is -4.31. The van der Waals surface area contributed by atoms with Crippen molar-refractivity contribution in [1.29, 1.82) is 0 Å². The summed E-state index contributed by atoms with van der Waals surface area (Å²) in [5.74, 6) is -1.52. The molecule has 1 saturated heterocycles. The Kier molecular flexibility index (Phi) is 4.96. The van der Waals surface area contributed by atoms with Crippen molar-refractivity contribution in [2.45, 2.75) is 6.04 Å². The SMILES string of the molecule is O=C1C(=O)N(c2nc3ccc(F)cc3s2)C(c2ccncc2)/C1=C(\O)c1ccc2c(c1)OCCO2. The summed E-state index contributed by atoms with van der Waals surface area (Å²) >= 11 is 1.09. The molecule has 2 aromatic heterocycles. The number of fused-ring (bicyclic) bond motifs is 2. The molecule has 0 aliphatic carbocycles. The highest BCUT2D eigenvalue weighted by molar-refractivity contribution is 7.22. The molecule has 8 nitrogen and oxygen atoms in total. The van der Waals surface area contributed by atoms with Gasteiger partial charge in [-0.2, -0.15) is 0 Å². The number of ether oxygens (including phenoxy) is 2. The van der Waals surface area contributed by atoms with Crippen molar-refractivity contribution in [3.8, 4) is 11.5 Å². The van der Waals surface area contributed by atoms with Crippen LogP contribution in [0, 0.1) is 5.82 Å². The Morgan fingerprint density at radius 2 is 1.80 bits per heavy atom. The Bertz CT molecular complexity index is 1530. The van der Waals surface area contributed by atoms with Gasteiger partial charge in [0.2, 0.25) is 0 Å². The summed E-state index contributed by atoms with van der Waals surface area (Å²) in [5, 5.41) is 11.5. The average Bonchev–Trinajstić information content (AvgIpc) is 3.41. The number of rotatable bonds is 3. The number of thiazole rings is 1. The van der Waals surface area contributed by atoms with E-state index in [4.69, 9.17) is 9.47 Å². The second-order valence-corrected chi connectivity index (χ2v) is 8.93. The molecular formula is C25H16FN3O5S. The van der Waals surface area contributed by atoms with Gasteiger partial charge in [-0.3, -0.25) is 19.5 Å². The van der Waals surface area contributed by atoms with Crippen molar-refractivity contribution in [2.75, 3.05) is 18.1 Å². The van der Waals surface area contributed by atoms with Gasteiger partial charge in [-0.1, -0.05) is 11.3 Å². The summed E-state index contributed by atoms with van der Waals surface area (Å²) in [6.45, 7) is 0.772. The highest BCUT2D eigenvalue weighted by Crippen LogP contribution is 2.45. The number of halogens is 1. The van der Waals surface area contributed by atoms with Crippen LogP contribution in [0.3, 0.4) is 0 Å². The summed E-state index contributed by atoms with van der Waals surface area (Å²) in [6, 6.07) is 11.3. The van der Waals surface area contributed by atoms with Crippen LogP contribution in [0.4, 0.5) is 9.52 Å². The van der Waals surface area contributed by atoms with Crippen molar-refractivity contribution in [3.05, 3.63) is 83.4 Å². The molecule has 0 bridgehead atoms. The van der Waals surface area contributed by atoms with Crippen LogP contribution in [0.15, 0.2) is 66.5 Å². The summed E-state index contributed by atoms with van der Waals surface area (Å²) in [5.41, 5.74) is 1.26. The largest absolute Gasteiger partial charge is 0.507 e. The van der Waals surface area contributed by atoms with Gasteiger partial charge in [0, 0.05) is 18.0 Å². The molecule has 2 aliphatic heterocycles. The van der Waals surface area contributed by atoms with Crippen LogP contribution < -0.4 is 14.4 Å². The van der Waals surface area contributed by atoms with E-state index in [0.29, 0.717) is 46.1 Å². The van der Waals surface area contributed by atoms with Gasteiger partial charge in [-0.05, 0) is 54.1 Å². The molecule has 4 heterocycles. The molecule has 1 amide bonds. The van der Waals surface area contributed by atoms with Crippen LogP contribution in [0.1, 0.15) is 17.2 Å². The number of hydrogen-bond donors (Lipinski definition) is 1. The van der Waals surface area contributed by atoms with E-state index in [1.807, 2.05) is 0 Å². The third-order valence-corrected chi connectivity index (χ3v) is 6.84. The van der Waals surface area contributed by atoms with Gasteiger partial charge in [0.1, 0.15) is 24.8 Å². The lowest BCUT2D eigenvalue weighted by molar-refractivity contribution is -0.132. The van der Waals surface area contributed by atoms with Gasteiger partial charge in [-0.25, -0.2) is 9.37 Å². The monoisotopic (exact) mass is 489 g/mol. The van der Waals surface area contributed by atoms with E-state index in [0.717, 1.165) is 11.3 Å². The second kappa shape index (κ2) is 8.17. The maximum Gasteiger partial charge on any atom is 0.301 e. The Balaban J connectivity index is 1.53. The van der Waals surface area contributed by atoms with Crippen LogP contribution in [-0.2, 0) is 9.59 Å². The fraction of sp³-hybridized carbons (Fsp3) is 0.120. The molecule has 1 fully saturated rings. The van der Waals surface area contributed by atoms with E-state index in [1.165, 1.54) is 35.5 Å². The zero-order valence-electron chi connectivity index (χ0n) is 18.0. The van der Waals surface area contributed by atoms with E-state index in [-0.39, 0.29) is 16.5 Å². The molecule has 6 rings (SSSR count). The number of aliphatic hydroxyl groups is 1. The molecule has 1 unspecified atom stereocenters. The smallest absolute Gasteiger partial charge is 0.301 e. The zero-order chi connectivity index (χ0) is 24.1. The van der Waals surface area contributed by atoms with Crippen LogP contribution in [0.2, 0.25) is 0 Å². The quantitative estimate of drug-likeness (QED) is 0.261. The number of aromatic nitrogens is 2. The maximum absolute atomic E-state index is 13.8. The van der Waals surface area contributed by atoms with Gasteiger partial charge < -0.3 is 14.6 Å². The maximum atomic E-state index is 13.8. The first-order chi connectivity index (χ1) is 17.0. The highest BCUT2D eigenvalue weighted by Gasteiger charge is 2.48. The number of hydrogen-bond acceptors (Lipinski definition) is 8. The van der Waals surface area contributed by atoms with Gasteiger partial charge in [0.15, 0.2) is 16.6 Å². The Labute approximate surface area is 201 Å². The standard InChI is InChI=1S/C25H16FN3O5S/c26-15-2-3-16-19(12-15)35-25(28-16)29-21(13-5-7-27-8-6-13)20(23(31)24(29)32)22(30)14-1-4-17-18(11-14)34-10-9-33-17/h1-8,11-12,21,30H,9-10H2/b22-20+. The van der Waals surface area contributed by atoms with Crippen LogP contribution >= 0.6 is 11.3 Å². The van der Waals surface area contributed by atoms with Crippen LogP contribution in [0.5, 0.6) is 11.5 Å². The number of amides is 1. The number of nitrogens with zero attached hydrogens (tertiary/aromatic N) is 3. The Morgan fingerprint density at radius 1 is 1.03 bits per heavy atom. The van der Waals surface area contributed by atoms with Crippen molar-refractivity contribution in [3.63, 3.8) is 0 Å². The number of ketones is 1. The molecule has 2 aromatic carbocycles. The number of Topliss-reactive ketones (excluding diaryl/α,β-unsaturated/α-hetero) is 1. The van der Waals surface area contributed by atoms with E-state index in [2.05, 4.69) is 9.97 Å². The predicted molar refractivity (Wildman–Crippen MR) is 126 cm³/mol. The molecule has 35 heavy (non-hydrogen) atoms. The third-order valence-electron chi connectivity index (χ3n) is 5.83. The molecule has 1 atom stereocenters. The van der Waals surface area contributed by atoms with E-state index < -0.39 is 23.5 Å². The van der Waals surface area contributed by atoms with Crippen molar-refractivity contribution in [1.82, 2.24) is 9.97 Å². The van der Waals surface area contributed by atoms with E-state index in [1.54, 1.807) is 30.3 Å². The second-order valence-electron chi connectivity index (χ2n) is 7.92. The summed E-state index contributed by atoms with van der Waals surface area (Å²) in [6.07, 6.45) is 3.07. The fourth-order valence-electron chi connectivity index (χ4n) is 4.23. The number of anilines is 1. The molecule has 0 radical (unpaired) electrons. The van der Waals surface area contributed by atoms with Gasteiger partial charge in [-0.15, -0.1) is 0 Å². The van der Waals surface area contributed by atoms with Crippen molar-refractivity contribution in [2.24, 2.45) is 0 Å². The Morgan fingerprint density at radius 3 is 2.60 bits per heavy atom. The number of pyridine rings is 1. The van der Waals surface area contributed by atoms with Crippen molar-refractivity contribution >= 4 is 44.1 Å². The normalized spacial score (nSPS) is 18.9. The lowest BCUT2D eigenvalue weighted by Crippen LogP contribution is -2.29. The minimum absolute atomic E-state index is 0.0942. The first-order valence-corrected chi connectivity index (χ1v) is 11.5. The number of aliphatic hydroxyl groups excluding tert-OH is 1. The molecule has 0 saturated carbocycles. The molecule has 1 N–H and O–H groups in total. The van der Waals surface area contributed by atoms with Gasteiger partial charge in [0.25, 0.3) is 5.78 Å².